The van der Waals surface area contributed by atoms with Crippen LogP contribution in [0.2, 0.25) is 0 Å². The topological polar surface area (TPSA) is 76.5 Å². The molecule has 0 saturated carbocycles. The number of alkyl halides is 6. The van der Waals surface area contributed by atoms with Crippen molar-refractivity contribution in [3.8, 4) is 5.69 Å². The summed E-state index contributed by atoms with van der Waals surface area (Å²) in [5.74, 6) is -1.61. The summed E-state index contributed by atoms with van der Waals surface area (Å²) in [5.41, 5.74) is -2.25. The highest BCUT2D eigenvalue weighted by Crippen LogP contribution is 2.36. The first-order chi connectivity index (χ1) is 19.4. The Morgan fingerprint density at radius 2 is 1.57 bits per heavy atom. The van der Waals surface area contributed by atoms with E-state index in [0.717, 1.165) is 10.5 Å². The van der Waals surface area contributed by atoms with Crippen molar-refractivity contribution in [3.63, 3.8) is 0 Å². The molecule has 3 rings (SSSR count). The summed E-state index contributed by atoms with van der Waals surface area (Å²) in [6.45, 7) is 7.01. The minimum absolute atomic E-state index is 0.0575. The van der Waals surface area contributed by atoms with Crippen molar-refractivity contribution < 1.29 is 40.7 Å². The largest absolute Gasteiger partial charge is 0.416 e. The third kappa shape index (κ3) is 8.34. The van der Waals surface area contributed by atoms with Gasteiger partial charge in [0, 0.05) is 37.3 Å². The summed E-state index contributed by atoms with van der Waals surface area (Å²) in [7, 11) is 1.39. The lowest BCUT2D eigenvalue weighted by atomic mass is 9.92. The molecule has 0 bridgehead atoms. The van der Waals surface area contributed by atoms with Gasteiger partial charge in [0.25, 0.3) is 5.91 Å². The molecule has 228 valence electrons. The van der Waals surface area contributed by atoms with Crippen molar-refractivity contribution in [2.45, 2.75) is 51.9 Å². The number of nitrogens with one attached hydrogen (secondary N) is 1. The van der Waals surface area contributed by atoms with E-state index in [1.165, 1.54) is 11.8 Å². The van der Waals surface area contributed by atoms with Crippen molar-refractivity contribution in [1.82, 2.24) is 14.7 Å². The number of anilines is 1. The van der Waals surface area contributed by atoms with Gasteiger partial charge in [0.2, 0.25) is 5.91 Å². The van der Waals surface area contributed by atoms with E-state index in [9.17, 15) is 35.9 Å². The molecule has 2 aromatic carbocycles. The Bertz CT molecular complexity index is 1390. The third-order valence-corrected chi connectivity index (χ3v) is 6.22. The van der Waals surface area contributed by atoms with E-state index in [-0.39, 0.29) is 31.5 Å². The van der Waals surface area contributed by atoms with Crippen molar-refractivity contribution >= 4 is 17.6 Å². The number of nitrogens with zero attached hydrogens (tertiary/aromatic N) is 3. The van der Waals surface area contributed by atoms with E-state index >= 15 is 0 Å². The van der Waals surface area contributed by atoms with Crippen LogP contribution in [0.1, 0.15) is 59.9 Å². The fourth-order valence-corrected chi connectivity index (χ4v) is 4.06. The number of hydrogen-bond donors (Lipinski definition) is 1. The lowest BCUT2D eigenvalue weighted by Crippen LogP contribution is -2.39. The van der Waals surface area contributed by atoms with Crippen LogP contribution in [0.25, 0.3) is 5.69 Å². The quantitative estimate of drug-likeness (QED) is 0.222. The Balaban J connectivity index is 1.96. The maximum absolute atomic E-state index is 13.4. The van der Waals surface area contributed by atoms with Crippen molar-refractivity contribution in [3.05, 3.63) is 76.5 Å². The molecular weight excluding hydrogens is 566 g/mol. The summed E-state index contributed by atoms with van der Waals surface area (Å²) >= 11 is 0. The van der Waals surface area contributed by atoms with E-state index in [1.807, 2.05) is 45.9 Å². The summed E-state index contributed by atoms with van der Waals surface area (Å²) in [6, 6.07) is 9.64. The second-order valence-electron chi connectivity index (χ2n) is 10.8. The lowest BCUT2D eigenvalue weighted by Gasteiger charge is -2.23. The van der Waals surface area contributed by atoms with Gasteiger partial charge in [-0.25, -0.2) is 4.68 Å². The normalized spacial score (nSPS) is 12.4. The van der Waals surface area contributed by atoms with Crippen molar-refractivity contribution in [2.75, 3.05) is 32.1 Å². The predicted molar refractivity (Wildman–Crippen MR) is 144 cm³/mol. The van der Waals surface area contributed by atoms with Gasteiger partial charge in [0.1, 0.15) is 12.4 Å². The van der Waals surface area contributed by atoms with Crippen molar-refractivity contribution in [1.29, 1.82) is 0 Å². The molecule has 1 N–H and O–H groups in total. The average molecular weight is 599 g/mol. The second-order valence-corrected chi connectivity index (χ2v) is 10.8. The van der Waals surface area contributed by atoms with Gasteiger partial charge in [-0.1, -0.05) is 32.9 Å². The van der Waals surface area contributed by atoms with Gasteiger partial charge < -0.3 is 15.0 Å². The number of rotatable bonds is 9. The number of methoxy groups -OCH3 is 1. The molecule has 13 heteroatoms. The van der Waals surface area contributed by atoms with Crippen LogP contribution in [-0.2, 0) is 27.3 Å². The number of hydrogen-bond acceptors (Lipinski definition) is 4. The maximum atomic E-state index is 13.4. The molecule has 0 atom stereocenters. The summed E-state index contributed by atoms with van der Waals surface area (Å²) < 4.78 is 86.9. The van der Waals surface area contributed by atoms with E-state index < -0.39 is 52.8 Å². The van der Waals surface area contributed by atoms with E-state index in [1.54, 1.807) is 12.1 Å². The maximum Gasteiger partial charge on any atom is 0.416 e. The Hall–Kier alpha value is -3.87. The van der Waals surface area contributed by atoms with Crippen LogP contribution < -0.4 is 5.32 Å². The summed E-state index contributed by atoms with van der Waals surface area (Å²) in [4.78, 5) is 27.4. The van der Waals surface area contributed by atoms with Crippen LogP contribution in [-0.4, -0.2) is 53.3 Å². The van der Waals surface area contributed by atoms with Gasteiger partial charge in [-0.15, -0.1) is 0 Å². The van der Waals surface area contributed by atoms with Gasteiger partial charge in [0.05, 0.1) is 22.5 Å². The van der Waals surface area contributed by atoms with E-state index in [4.69, 9.17) is 4.74 Å². The van der Waals surface area contributed by atoms with Crippen LogP contribution >= 0.6 is 0 Å². The van der Waals surface area contributed by atoms with Gasteiger partial charge in [-0.2, -0.15) is 31.4 Å². The van der Waals surface area contributed by atoms with Crippen LogP contribution in [0.15, 0.2) is 48.5 Å². The average Bonchev–Trinajstić information content (AvgIpc) is 3.31. The van der Waals surface area contributed by atoms with Crippen molar-refractivity contribution in [2.24, 2.45) is 0 Å². The molecule has 3 aromatic rings. The highest BCUT2D eigenvalue weighted by molar-refractivity contribution is 5.99. The van der Waals surface area contributed by atoms with Gasteiger partial charge in [-0.05, 0) is 49.2 Å². The van der Waals surface area contributed by atoms with Crippen LogP contribution in [0.5, 0.6) is 0 Å². The first-order valence-electron chi connectivity index (χ1n) is 13.0. The minimum atomic E-state index is -5.13. The number of aryl methyl sites for hydroxylation is 1. The van der Waals surface area contributed by atoms with Crippen LogP contribution in [0.4, 0.5) is 32.2 Å². The summed E-state index contributed by atoms with van der Waals surface area (Å²) in [6.07, 6.45) is -10.1. The Morgan fingerprint density at radius 3 is 2.10 bits per heavy atom. The highest BCUT2D eigenvalue weighted by Gasteiger charge is 2.38. The molecule has 0 aliphatic rings. The predicted octanol–water partition coefficient (Wildman–Crippen LogP) is 6.63. The minimum Gasteiger partial charge on any atom is -0.385 e. The van der Waals surface area contributed by atoms with Gasteiger partial charge in [-0.3, -0.25) is 9.59 Å². The molecule has 0 aliphatic heterocycles. The molecule has 0 unspecified atom stereocenters. The number of ether oxygens (including phenoxy) is 1. The number of carbonyl (C=O) groups excluding carboxylic acids is 2. The summed E-state index contributed by atoms with van der Waals surface area (Å²) in [5, 5.41) is 7.32. The SMILES string of the molecule is COCCCN(CC(=O)Nc1cc(C(C)(C)C)nn1-c1cccc(C)c1)C(=O)c1cc(C(F)(F)F)cc(C(F)(F)F)c1. The molecule has 1 heterocycles. The zero-order valence-electron chi connectivity index (χ0n) is 23.8. The number of carbonyl (C=O) groups is 2. The molecule has 42 heavy (non-hydrogen) atoms. The Morgan fingerprint density at radius 1 is 0.952 bits per heavy atom. The monoisotopic (exact) mass is 598 g/mol. The Kier molecular flexibility index (Phi) is 9.76. The number of halogens is 6. The molecule has 1 aromatic heterocycles. The first kappa shape index (κ1) is 32.6. The van der Waals surface area contributed by atoms with Gasteiger partial charge in [0.15, 0.2) is 0 Å². The second kappa shape index (κ2) is 12.6. The first-order valence-corrected chi connectivity index (χ1v) is 13.0. The Labute approximate surface area is 239 Å². The lowest BCUT2D eigenvalue weighted by molar-refractivity contribution is -0.143. The van der Waals surface area contributed by atoms with E-state index in [2.05, 4.69) is 10.4 Å². The number of amides is 2. The molecule has 0 saturated heterocycles. The molecule has 7 nitrogen and oxygen atoms in total. The zero-order chi connectivity index (χ0) is 31.5. The number of benzene rings is 2. The van der Waals surface area contributed by atoms with Gasteiger partial charge >= 0.3 is 12.4 Å². The molecule has 0 fully saturated rings. The van der Waals surface area contributed by atoms with E-state index in [0.29, 0.717) is 23.5 Å². The highest BCUT2D eigenvalue weighted by atomic mass is 19.4. The molecule has 0 aliphatic carbocycles. The fourth-order valence-electron chi connectivity index (χ4n) is 4.06. The molecule has 2 amide bonds. The van der Waals surface area contributed by atoms with Crippen LogP contribution in [0, 0.1) is 6.92 Å². The third-order valence-electron chi connectivity index (χ3n) is 6.22. The van der Waals surface area contributed by atoms with Crippen LogP contribution in [0.3, 0.4) is 0 Å². The standard InChI is InChI=1S/C29H32F6N4O3/c1-18-8-6-9-22(12-18)39-24(16-23(37-39)27(2,3)4)36-25(40)17-38(10-7-11-42-5)26(41)19-13-20(28(30,31)32)15-21(14-19)29(33,34)35/h6,8-9,12-16H,7,10-11,17H2,1-5H3,(H,36,40). The number of aromatic nitrogens is 2. The smallest absolute Gasteiger partial charge is 0.385 e. The fraction of sp³-hybridized carbons (Fsp3) is 0.414. The zero-order valence-corrected chi connectivity index (χ0v) is 23.8. The molecular formula is C29H32F6N4O3. The molecule has 0 spiro atoms. The molecule has 0 radical (unpaired) electrons.